The molecule has 0 bridgehead atoms. The first kappa shape index (κ1) is 13.2. The fraction of sp³-hybridized carbons (Fsp3) is 0.333. The number of halogens is 1. The maximum atomic E-state index is 6.03. The Hall–Kier alpha value is -1.51. The van der Waals surface area contributed by atoms with Crippen LogP contribution in [0.4, 0.5) is 0 Å². The second-order valence-electron chi connectivity index (χ2n) is 6.01. The van der Waals surface area contributed by atoms with Gasteiger partial charge in [0.2, 0.25) is 0 Å². The largest absolute Gasteiger partial charge is 0.493 e. The third-order valence-corrected chi connectivity index (χ3v) is 4.86. The summed E-state index contributed by atoms with van der Waals surface area (Å²) in [6.07, 6.45) is 1.04. The topological polar surface area (TPSA) is 12.5 Å². The molecule has 0 fully saturated rings. The summed E-state index contributed by atoms with van der Waals surface area (Å²) in [5, 5.41) is 0.797. The molecule has 2 heterocycles. The Morgan fingerprint density at radius 2 is 1.90 bits per heavy atom. The van der Waals surface area contributed by atoms with Crippen LogP contribution >= 0.6 is 11.6 Å². The van der Waals surface area contributed by atoms with E-state index in [-0.39, 0.29) is 0 Å². The zero-order valence-electron chi connectivity index (χ0n) is 12.1. The first-order chi connectivity index (χ1) is 10.2. The van der Waals surface area contributed by atoms with Gasteiger partial charge in [-0.05, 0) is 41.9 Å². The van der Waals surface area contributed by atoms with Crippen molar-refractivity contribution in [3.8, 4) is 5.75 Å². The van der Waals surface area contributed by atoms with Crippen molar-refractivity contribution in [1.82, 2.24) is 4.90 Å². The van der Waals surface area contributed by atoms with E-state index in [4.69, 9.17) is 16.3 Å². The zero-order valence-corrected chi connectivity index (χ0v) is 12.9. The maximum Gasteiger partial charge on any atom is 0.122 e. The second-order valence-corrected chi connectivity index (χ2v) is 6.45. The summed E-state index contributed by atoms with van der Waals surface area (Å²) in [5.41, 5.74) is 5.68. The Morgan fingerprint density at radius 3 is 2.71 bits per heavy atom. The van der Waals surface area contributed by atoms with Crippen LogP contribution in [-0.2, 0) is 13.0 Å². The molecule has 0 N–H and O–H groups in total. The van der Waals surface area contributed by atoms with E-state index in [2.05, 4.69) is 36.2 Å². The van der Waals surface area contributed by atoms with Gasteiger partial charge in [0.15, 0.2) is 0 Å². The molecule has 0 spiro atoms. The van der Waals surface area contributed by atoms with E-state index in [0.717, 1.165) is 36.9 Å². The van der Waals surface area contributed by atoms with Gasteiger partial charge in [-0.15, -0.1) is 0 Å². The lowest BCUT2D eigenvalue weighted by molar-refractivity contribution is 0.294. The summed E-state index contributed by atoms with van der Waals surface area (Å²) in [4.78, 5) is 2.40. The Morgan fingerprint density at radius 1 is 1.10 bits per heavy atom. The minimum atomic E-state index is 0.418. The molecule has 0 amide bonds. The zero-order chi connectivity index (χ0) is 14.4. The van der Waals surface area contributed by atoms with E-state index in [1.807, 2.05) is 12.1 Å². The van der Waals surface area contributed by atoms with Crippen molar-refractivity contribution in [3.63, 3.8) is 0 Å². The lowest BCUT2D eigenvalue weighted by Crippen LogP contribution is -2.31. The van der Waals surface area contributed by atoms with Crippen LogP contribution in [0.15, 0.2) is 36.4 Å². The average Bonchev–Trinajstić information content (AvgIpc) is 2.96. The quantitative estimate of drug-likeness (QED) is 0.793. The number of nitrogens with zero attached hydrogens (tertiary/aromatic N) is 1. The van der Waals surface area contributed by atoms with Crippen LogP contribution in [0.1, 0.15) is 28.2 Å². The smallest absolute Gasteiger partial charge is 0.122 e. The number of hydrogen-bond acceptors (Lipinski definition) is 2. The van der Waals surface area contributed by atoms with Crippen LogP contribution in [0.2, 0.25) is 5.02 Å². The van der Waals surface area contributed by atoms with Gasteiger partial charge >= 0.3 is 0 Å². The molecule has 3 heteroatoms. The van der Waals surface area contributed by atoms with Crippen LogP contribution in [0.25, 0.3) is 0 Å². The SMILES string of the molecule is CN1Cc2c(ccc3c2CCO3)C(c2ccc(Cl)cc2)C1. The molecule has 2 aliphatic heterocycles. The summed E-state index contributed by atoms with van der Waals surface area (Å²) in [7, 11) is 2.20. The lowest BCUT2D eigenvalue weighted by atomic mass is 9.82. The highest BCUT2D eigenvalue weighted by molar-refractivity contribution is 6.30. The van der Waals surface area contributed by atoms with Crippen molar-refractivity contribution >= 4 is 11.6 Å². The summed E-state index contributed by atoms with van der Waals surface area (Å²) < 4.78 is 5.72. The number of benzene rings is 2. The van der Waals surface area contributed by atoms with E-state index in [1.165, 1.54) is 22.3 Å². The maximum absolute atomic E-state index is 6.03. The van der Waals surface area contributed by atoms with Crippen LogP contribution in [0.5, 0.6) is 5.75 Å². The number of ether oxygens (including phenoxy) is 1. The minimum Gasteiger partial charge on any atom is -0.493 e. The molecule has 0 aliphatic carbocycles. The van der Waals surface area contributed by atoms with Crippen LogP contribution in [0, 0.1) is 0 Å². The molecule has 21 heavy (non-hydrogen) atoms. The van der Waals surface area contributed by atoms with Gasteiger partial charge in [-0.3, -0.25) is 0 Å². The van der Waals surface area contributed by atoms with Crippen LogP contribution in [0.3, 0.4) is 0 Å². The van der Waals surface area contributed by atoms with E-state index in [9.17, 15) is 0 Å². The highest BCUT2D eigenvalue weighted by Crippen LogP contribution is 2.40. The van der Waals surface area contributed by atoms with Crippen molar-refractivity contribution in [3.05, 3.63) is 63.7 Å². The van der Waals surface area contributed by atoms with Crippen molar-refractivity contribution < 1.29 is 4.74 Å². The van der Waals surface area contributed by atoms with Gasteiger partial charge in [0.25, 0.3) is 0 Å². The van der Waals surface area contributed by atoms with E-state index >= 15 is 0 Å². The molecule has 1 unspecified atom stereocenters. The standard InChI is InChI=1S/C18H18ClNO/c1-20-10-16(12-2-4-13(19)5-3-12)14-6-7-18-15(8-9-21-18)17(14)11-20/h2-7,16H,8-11H2,1H3. The number of hydrogen-bond donors (Lipinski definition) is 0. The predicted octanol–water partition coefficient (Wildman–Crippen LogP) is 3.85. The molecule has 0 saturated heterocycles. The molecule has 2 aromatic rings. The van der Waals surface area contributed by atoms with Gasteiger partial charge in [0.05, 0.1) is 6.61 Å². The average molecular weight is 300 g/mol. The molecule has 2 aliphatic rings. The van der Waals surface area contributed by atoms with Gasteiger partial charge in [-0.25, -0.2) is 0 Å². The fourth-order valence-corrected chi connectivity index (χ4v) is 3.73. The van der Waals surface area contributed by atoms with Crippen molar-refractivity contribution in [2.75, 3.05) is 20.2 Å². The third-order valence-electron chi connectivity index (χ3n) is 4.60. The molecule has 0 aromatic heterocycles. The molecule has 1 atom stereocenters. The number of fused-ring (bicyclic) bond motifs is 3. The fourth-order valence-electron chi connectivity index (χ4n) is 3.60. The molecule has 108 valence electrons. The summed E-state index contributed by atoms with van der Waals surface area (Å²) in [6.45, 7) is 2.89. The highest BCUT2D eigenvalue weighted by Gasteiger charge is 2.29. The van der Waals surface area contributed by atoms with Gasteiger partial charge < -0.3 is 9.64 Å². The van der Waals surface area contributed by atoms with Gasteiger partial charge in [0.1, 0.15) is 5.75 Å². The first-order valence-corrected chi connectivity index (χ1v) is 7.81. The molecule has 2 aromatic carbocycles. The van der Waals surface area contributed by atoms with Gasteiger partial charge in [-0.1, -0.05) is 29.8 Å². The summed E-state index contributed by atoms with van der Waals surface area (Å²) in [5.74, 6) is 1.50. The van der Waals surface area contributed by atoms with Crippen LogP contribution < -0.4 is 4.74 Å². The summed E-state index contributed by atoms with van der Waals surface area (Å²) >= 11 is 6.03. The Kier molecular flexibility index (Phi) is 3.16. The number of rotatable bonds is 1. The van der Waals surface area contributed by atoms with E-state index in [0.29, 0.717) is 5.92 Å². The molecular weight excluding hydrogens is 282 g/mol. The molecule has 0 saturated carbocycles. The monoisotopic (exact) mass is 299 g/mol. The van der Waals surface area contributed by atoms with Crippen LogP contribution in [-0.4, -0.2) is 25.1 Å². The molecule has 4 rings (SSSR count). The van der Waals surface area contributed by atoms with Crippen molar-refractivity contribution in [2.24, 2.45) is 0 Å². The van der Waals surface area contributed by atoms with Crippen molar-refractivity contribution in [1.29, 1.82) is 0 Å². The van der Waals surface area contributed by atoms with Gasteiger partial charge in [0, 0.05) is 36.0 Å². The molecule has 2 nitrogen and oxygen atoms in total. The Bertz CT molecular complexity index is 680. The lowest BCUT2D eigenvalue weighted by Gasteiger charge is -2.33. The Labute approximate surface area is 130 Å². The molecule has 0 radical (unpaired) electrons. The molecular formula is C18H18ClNO. The highest BCUT2D eigenvalue weighted by atomic mass is 35.5. The normalized spacial score (nSPS) is 20.8. The summed E-state index contributed by atoms with van der Waals surface area (Å²) in [6, 6.07) is 12.7. The third kappa shape index (κ3) is 2.23. The van der Waals surface area contributed by atoms with Crippen molar-refractivity contribution in [2.45, 2.75) is 18.9 Å². The predicted molar refractivity (Wildman–Crippen MR) is 85.3 cm³/mol. The van der Waals surface area contributed by atoms with E-state index in [1.54, 1.807) is 0 Å². The second kappa shape index (κ2) is 5.04. The number of likely N-dealkylation sites (N-methyl/N-ethyl adjacent to an activating group) is 1. The van der Waals surface area contributed by atoms with Gasteiger partial charge in [-0.2, -0.15) is 0 Å². The Balaban J connectivity index is 1.83. The first-order valence-electron chi connectivity index (χ1n) is 7.44. The minimum absolute atomic E-state index is 0.418. The van der Waals surface area contributed by atoms with E-state index < -0.39 is 0 Å².